The number of sulfonamides is 1. The molecule has 2 aromatic rings. The molecule has 9 heteroatoms. The fourth-order valence-electron chi connectivity index (χ4n) is 1.78. The van der Waals surface area contributed by atoms with Gasteiger partial charge in [0.25, 0.3) is 15.9 Å². The number of rotatable bonds is 5. The average Bonchev–Trinajstić information content (AvgIpc) is 3.05. The molecule has 21 heavy (non-hydrogen) atoms. The normalized spacial score (nSPS) is 11.6. The van der Waals surface area contributed by atoms with Gasteiger partial charge in [0.1, 0.15) is 0 Å². The van der Waals surface area contributed by atoms with Crippen LogP contribution in [0.15, 0.2) is 21.6 Å². The minimum absolute atomic E-state index is 0.0670. The Hall–Kier alpha value is -2.13. The van der Waals surface area contributed by atoms with Crippen molar-refractivity contribution < 1.29 is 17.6 Å². The number of nitrogens with zero attached hydrogens (tertiary/aromatic N) is 1. The molecule has 2 aromatic heterocycles. The van der Waals surface area contributed by atoms with Crippen molar-refractivity contribution in [1.29, 1.82) is 0 Å². The Morgan fingerprint density at radius 1 is 1.38 bits per heavy atom. The Labute approximate surface area is 122 Å². The van der Waals surface area contributed by atoms with Gasteiger partial charge in [-0.3, -0.25) is 9.89 Å². The van der Waals surface area contributed by atoms with Gasteiger partial charge in [-0.05, 0) is 33.0 Å². The van der Waals surface area contributed by atoms with Crippen molar-refractivity contribution >= 4 is 15.9 Å². The van der Waals surface area contributed by atoms with Crippen molar-refractivity contribution in [2.75, 3.05) is 7.05 Å². The summed E-state index contributed by atoms with van der Waals surface area (Å²) in [6.07, 6.45) is 0. The molecule has 114 valence electrons. The van der Waals surface area contributed by atoms with Gasteiger partial charge in [-0.1, -0.05) is 0 Å². The van der Waals surface area contributed by atoms with Gasteiger partial charge in [0.05, 0.1) is 5.69 Å². The lowest BCUT2D eigenvalue weighted by molar-refractivity contribution is 0.0917. The van der Waals surface area contributed by atoms with Gasteiger partial charge in [0.15, 0.2) is 5.76 Å². The lowest BCUT2D eigenvalue weighted by Gasteiger charge is -2.03. The first-order valence-electron chi connectivity index (χ1n) is 6.17. The molecule has 0 saturated carbocycles. The third-order valence-corrected chi connectivity index (χ3v) is 4.33. The lowest BCUT2D eigenvalue weighted by atomic mass is 10.2. The number of carbonyl (C=O) groups is 1. The zero-order valence-corrected chi connectivity index (χ0v) is 12.7. The molecule has 1 amide bonds. The molecule has 3 N–H and O–H groups in total. The molecular weight excluding hydrogens is 296 g/mol. The number of amides is 1. The van der Waals surface area contributed by atoms with E-state index in [0.29, 0.717) is 0 Å². The van der Waals surface area contributed by atoms with E-state index >= 15 is 0 Å². The van der Waals surface area contributed by atoms with Crippen molar-refractivity contribution in [3.05, 3.63) is 34.8 Å². The highest BCUT2D eigenvalue weighted by atomic mass is 32.2. The van der Waals surface area contributed by atoms with Crippen molar-refractivity contribution in [1.82, 2.24) is 20.2 Å². The number of nitrogens with one attached hydrogen (secondary N) is 3. The third kappa shape index (κ3) is 3.14. The van der Waals surface area contributed by atoms with Gasteiger partial charge in [-0.2, -0.15) is 5.10 Å². The van der Waals surface area contributed by atoms with E-state index in [4.69, 9.17) is 4.42 Å². The van der Waals surface area contributed by atoms with E-state index in [1.165, 1.54) is 19.2 Å². The number of furan rings is 1. The topological polar surface area (TPSA) is 117 Å². The van der Waals surface area contributed by atoms with Crippen LogP contribution in [0.25, 0.3) is 0 Å². The van der Waals surface area contributed by atoms with Gasteiger partial charge in [0.2, 0.25) is 5.09 Å². The second-order valence-corrected chi connectivity index (χ2v) is 6.24. The van der Waals surface area contributed by atoms with Crippen LogP contribution in [-0.2, 0) is 16.6 Å². The number of H-pyrrole nitrogens is 1. The Morgan fingerprint density at radius 3 is 2.67 bits per heavy atom. The van der Waals surface area contributed by atoms with Crippen LogP contribution in [-0.4, -0.2) is 31.6 Å². The monoisotopic (exact) mass is 312 g/mol. The first-order chi connectivity index (χ1) is 9.85. The van der Waals surface area contributed by atoms with Gasteiger partial charge >= 0.3 is 0 Å². The SMILES string of the molecule is CNS(=O)(=O)c1ccc(C(=O)NCc2c(C)n[nH]c2C)o1. The summed E-state index contributed by atoms with van der Waals surface area (Å²) >= 11 is 0. The Bertz CT molecular complexity index is 741. The quantitative estimate of drug-likeness (QED) is 0.741. The molecule has 0 saturated heterocycles. The summed E-state index contributed by atoms with van der Waals surface area (Å²) in [6, 6.07) is 2.55. The smallest absolute Gasteiger partial charge is 0.287 e. The average molecular weight is 312 g/mol. The minimum atomic E-state index is -3.69. The van der Waals surface area contributed by atoms with Crippen LogP contribution in [0, 0.1) is 13.8 Å². The zero-order valence-electron chi connectivity index (χ0n) is 11.9. The first-order valence-corrected chi connectivity index (χ1v) is 7.65. The molecule has 8 nitrogen and oxygen atoms in total. The summed E-state index contributed by atoms with van der Waals surface area (Å²) in [5, 5.41) is 9.20. The third-order valence-electron chi connectivity index (χ3n) is 3.05. The zero-order chi connectivity index (χ0) is 15.6. The lowest BCUT2D eigenvalue weighted by Crippen LogP contribution is -2.23. The number of carbonyl (C=O) groups excluding carboxylic acids is 1. The molecule has 0 aliphatic rings. The van der Waals surface area contributed by atoms with E-state index in [2.05, 4.69) is 20.2 Å². The molecule has 0 bridgehead atoms. The maximum Gasteiger partial charge on any atom is 0.287 e. The van der Waals surface area contributed by atoms with E-state index in [0.717, 1.165) is 17.0 Å². The maximum atomic E-state index is 11.9. The Morgan fingerprint density at radius 2 is 2.10 bits per heavy atom. The molecule has 2 rings (SSSR count). The Balaban J connectivity index is 2.08. The minimum Gasteiger partial charge on any atom is -0.438 e. The highest BCUT2D eigenvalue weighted by molar-refractivity contribution is 7.89. The maximum absolute atomic E-state index is 11.9. The molecule has 0 fully saturated rings. The van der Waals surface area contributed by atoms with Crippen LogP contribution >= 0.6 is 0 Å². The summed E-state index contributed by atoms with van der Waals surface area (Å²) in [7, 11) is -2.43. The Kier molecular flexibility index (Phi) is 4.14. The van der Waals surface area contributed by atoms with Crippen LogP contribution in [0.1, 0.15) is 27.5 Å². The summed E-state index contributed by atoms with van der Waals surface area (Å²) < 4.78 is 30.2. The highest BCUT2D eigenvalue weighted by Crippen LogP contribution is 2.14. The van der Waals surface area contributed by atoms with Crippen LogP contribution in [0.2, 0.25) is 0 Å². The summed E-state index contributed by atoms with van der Waals surface area (Å²) in [5.41, 5.74) is 2.55. The predicted molar refractivity (Wildman–Crippen MR) is 74.2 cm³/mol. The summed E-state index contributed by atoms with van der Waals surface area (Å²) in [4.78, 5) is 11.9. The molecule has 0 aliphatic carbocycles. The molecule has 0 aromatic carbocycles. The van der Waals surface area contributed by atoms with Crippen LogP contribution < -0.4 is 10.0 Å². The fourth-order valence-corrected chi connectivity index (χ4v) is 2.43. The van der Waals surface area contributed by atoms with E-state index in [1.807, 2.05) is 13.8 Å². The molecule has 2 heterocycles. The van der Waals surface area contributed by atoms with Gasteiger partial charge in [-0.25, -0.2) is 13.1 Å². The number of aromatic nitrogens is 2. The van der Waals surface area contributed by atoms with Crippen molar-refractivity contribution in [3.63, 3.8) is 0 Å². The van der Waals surface area contributed by atoms with E-state index in [1.54, 1.807) is 0 Å². The van der Waals surface area contributed by atoms with Crippen LogP contribution in [0.3, 0.4) is 0 Å². The standard InChI is InChI=1S/C12H16N4O4S/c1-7-9(8(2)16-15-7)6-14-12(17)10-4-5-11(20-10)21(18,19)13-3/h4-5,13H,6H2,1-3H3,(H,14,17)(H,15,16). The summed E-state index contributed by atoms with van der Waals surface area (Å²) in [5.74, 6) is -0.560. The molecular formula is C12H16N4O4S. The molecule has 0 aliphatic heterocycles. The van der Waals surface area contributed by atoms with E-state index in [-0.39, 0.29) is 17.4 Å². The van der Waals surface area contributed by atoms with Crippen molar-refractivity contribution in [3.8, 4) is 0 Å². The van der Waals surface area contributed by atoms with E-state index < -0.39 is 15.9 Å². The number of aryl methyl sites for hydroxylation is 2. The van der Waals surface area contributed by atoms with Gasteiger partial charge in [-0.15, -0.1) is 0 Å². The number of aromatic amines is 1. The largest absolute Gasteiger partial charge is 0.438 e. The number of hydrogen-bond donors (Lipinski definition) is 3. The van der Waals surface area contributed by atoms with Gasteiger partial charge < -0.3 is 9.73 Å². The van der Waals surface area contributed by atoms with Crippen LogP contribution in [0.4, 0.5) is 0 Å². The molecule has 0 radical (unpaired) electrons. The van der Waals surface area contributed by atoms with Gasteiger partial charge in [0, 0.05) is 17.8 Å². The van der Waals surface area contributed by atoms with Crippen molar-refractivity contribution in [2.45, 2.75) is 25.5 Å². The highest BCUT2D eigenvalue weighted by Gasteiger charge is 2.19. The first kappa shape index (κ1) is 15.3. The second kappa shape index (κ2) is 5.70. The molecule has 0 spiro atoms. The molecule has 0 atom stereocenters. The molecule has 0 unspecified atom stereocenters. The second-order valence-electron chi connectivity index (χ2n) is 4.42. The summed E-state index contributed by atoms with van der Waals surface area (Å²) in [6.45, 7) is 3.96. The van der Waals surface area contributed by atoms with E-state index in [9.17, 15) is 13.2 Å². The fraction of sp³-hybridized carbons (Fsp3) is 0.333. The number of hydrogen-bond acceptors (Lipinski definition) is 5. The van der Waals surface area contributed by atoms with Crippen molar-refractivity contribution in [2.24, 2.45) is 0 Å². The van der Waals surface area contributed by atoms with Crippen LogP contribution in [0.5, 0.6) is 0 Å². The predicted octanol–water partition coefficient (Wildman–Crippen LogP) is 0.458.